The SMILES string of the molecule is CCS(=O)(=O)c1c(NC(C)C(C)C)sc(C(C)=O)c1N. The van der Waals surface area contributed by atoms with Gasteiger partial charge in [-0.25, -0.2) is 8.42 Å². The van der Waals surface area contributed by atoms with Crippen LogP contribution < -0.4 is 11.1 Å². The first kappa shape index (κ1) is 17.0. The van der Waals surface area contributed by atoms with Crippen LogP contribution >= 0.6 is 11.3 Å². The Labute approximate surface area is 124 Å². The molecule has 1 heterocycles. The van der Waals surface area contributed by atoms with E-state index in [0.29, 0.717) is 15.8 Å². The van der Waals surface area contributed by atoms with Crippen molar-refractivity contribution in [3.8, 4) is 0 Å². The van der Waals surface area contributed by atoms with Crippen LogP contribution in [-0.4, -0.2) is 26.0 Å². The molecule has 0 aliphatic heterocycles. The minimum atomic E-state index is -3.47. The molecule has 114 valence electrons. The number of carbonyl (C=O) groups is 1. The normalized spacial score (nSPS) is 13.5. The van der Waals surface area contributed by atoms with E-state index in [-0.39, 0.29) is 28.2 Å². The fourth-order valence-corrected chi connectivity index (χ4v) is 4.26. The Morgan fingerprint density at radius 3 is 2.30 bits per heavy atom. The van der Waals surface area contributed by atoms with Gasteiger partial charge in [-0.15, -0.1) is 11.3 Å². The van der Waals surface area contributed by atoms with Crippen LogP contribution in [0, 0.1) is 5.92 Å². The first-order valence-corrected chi connectivity index (χ1v) is 9.01. The van der Waals surface area contributed by atoms with Crippen LogP contribution in [0.5, 0.6) is 0 Å². The molecule has 1 unspecified atom stereocenters. The number of nitrogens with one attached hydrogen (secondary N) is 1. The van der Waals surface area contributed by atoms with Gasteiger partial charge in [-0.3, -0.25) is 4.79 Å². The van der Waals surface area contributed by atoms with Gasteiger partial charge < -0.3 is 11.1 Å². The van der Waals surface area contributed by atoms with Crippen molar-refractivity contribution in [3.05, 3.63) is 4.88 Å². The van der Waals surface area contributed by atoms with Crippen molar-refractivity contribution in [1.29, 1.82) is 0 Å². The summed E-state index contributed by atoms with van der Waals surface area (Å²) in [6.07, 6.45) is 0. The molecule has 1 aromatic rings. The van der Waals surface area contributed by atoms with E-state index in [1.807, 2.05) is 20.8 Å². The van der Waals surface area contributed by atoms with Gasteiger partial charge in [0.15, 0.2) is 15.6 Å². The van der Waals surface area contributed by atoms with Crippen LogP contribution in [0.1, 0.15) is 44.3 Å². The maximum absolute atomic E-state index is 12.2. The lowest BCUT2D eigenvalue weighted by atomic mass is 10.1. The van der Waals surface area contributed by atoms with Gasteiger partial charge in [-0.1, -0.05) is 20.8 Å². The number of ketones is 1. The fourth-order valence-electron chi connectivity index (χ4n) is 1.61. The van der Waals surface area contributed by atoms with E-state index in [2.05, 4.69) is 5.32 Å². The van der Waals surface area contributed by atoms with Gasteiger partial charge in [0.25, 0.3) is 0 Å². The van der Waals surface area contributed by atoms with Gasteiger partial charge in [0.05, 0.1) is 16.3 Å². The Morgan fingerprint density at radius 2 is 1.90 bits per heavy atom. The first-order chi connectivity index (χ1) is 9.11. The Balaban J connectivity index is 3.43. The largest absolute Gasteiger partial charge is 0.396 e. The number of anilines is 2. The molecule has 0 saturated heterocycles. The topological polar surface area (TPSA) is 89.3 Å². The molecule has 0 amide bonds. The van der Waals surface area contributed by atoms with Crippen LogP contribution in [0.3, 0.4) is 0 Å². The highest BCUT2D eigenvalue weighted by Gasteiger charge is 2.28. The molecule has 3 N–H and O–H groups in total. The second-order valence-corrected chi connectivity index (χ2v) is 8.38. The molecule has 0 aliphatic carbocycles. The van der Waals surface area contributed by atoms with E-state index in [1.54, 1.807) is 6.92 Å². The number of hydrogen-bond acceptors (Lipinski definition) is 6. The number of nitrogens with two attached hydrogens (primary N) is 1. The molecular weight excluding hydrogens is 296 g/mol. The average Bonchev–Trinajstić information content (AvgIpc) is 2.66. The monoisotopic (exact) mass is 318 g/mol. The predicted molar refractivity (Wildman–Crippen MR) is 84.4 cm³/mol. The van der Waals surface area contributed by atoms with Crippen LogP contribution in [0.2, 0.25) is 0 Å². The van der Waals surface area contributed by atoms with Crippen molar-refractivity contribution in [2.75, 3.05) is 16.8 Å². The van der Waals surface area contributed by atoms with Crippen molar-refractivity contribution >= 4 is 37.6 Å². The summed E-state index contributed by atoms with van der Waals surface area (Å²) >= 11 is 1.12. The summed E-state index contributed by atoms with van der Waals surface area (Å²) in [6.45, 7) is 9.00. The van der Waals surface area contributed by atoms with Crippen molar-refractivity contribution < 1.29 is 13.2 Å². The highest BCUT2D eigenvalue weighted by Crippen LogP contribution is 2.40. The number of nitrogen functional groups attached to an aromatic ring is 1. The van der Waals surface area contributed by atoms with E-state index in [9.17, 15) is 13.2 Å². The molecule has 5 nitrogen and oxygen atoms in total. The molecule has 7 heteroatoms. The van der Waals surface area contributed by atoms with Crippen molar-refractivity contribution in [3.63, 3.8) is 0 Å². The Bertz CT molecular complexity index is 603. The summed E-state index contributed by atoms with van der Waals surface area (Å²) in [6, 6.07) is 0.0821. The van der Waals surface area contributed by atoms with Crippen LogP contribution in [-0.2, 0) is 9.84 Å². The van der Waals surface area contributed by atoms with Gasteiger partial charge in [0.2, 0.25) is 0 Å². The van der Waals surface area contributed by atoms with Crippen LogP contribution in [0.15, 0.2) is 4.90 Å². The van der Waals surface area contributed by atoms with E-state index in [4.69, 9.17) is 5.73 Å². The molecule has 1 atom stereocenters. The Morgan fingerprint density at radius 1 is 1.35 bits per heavy atom. The van der Waals surface area contributed by atoms with Gasteiger partial charge >= 0.3 is 0 Å². The van der Waals surface area contributed by atoms with E-state index < -0.39 is 9.84 Å². The van der Waals surface area contributed by atoms with Crippen LogP contribution in [0.4, 0.5) is 10.7 Å². The first-order valence-electron chi connectivity index (χ1n) is 6.54. The third-order valence-corrected chi connectivity index (χ3v) is 6.44. The quantitative estimate of drug-likeness (QED) is 0.787. The predicted octanol–water partition coefficient (Wildman–Crippen LogP) is 2.78. The maximum Gasteiger partial charge on any atom is 0.183 e. The number of sulfone groups is 1. The van der Waals surface area contributed by atoms with E-state index in [0.717, 1.165) is 11.3 Å². The fraction of sp³-hybridized carbons (Fsp3) is 0.615. The lowest BCUT2D eigenvalue weighted by Crippen LogP contribution is -2.22. The van der Waals surface area contributed by atoms with Crippen molar-refractivity contribution in [2.24, 2.45) is 5.92 Å². The molecule has 0 spiro atoms. The molecule has 0 aromatic carbocycles. The average molecular weight is 318 g/mol. The van der Waals surface area contributed by atoms with E-state index in [1.165, 1.54) is 6.92 Å². The smallest absolute Gasteiger partial charge is 0.183 e. The zero-order chi connectivity index (χ0) is 15.7. The summed E-state index contributed by atoms with van der Waals surface area (Å²) in [7, 11) is -3.47. The second kappa shape index (κ2) is 6.13. The molecule has 0 radical (unpaired) electrons. The standard InChI is InChI=1S/C13H22N2O3S2/c1-6-20(17,18)12-10(14)11(9(5)16)19-13(12)15-8(4)7(2)3/h7-8,15H,6,14H2,1-5H3. The lowest BCUT2D eigenvalue weighted by molar-refractivity contribution is 0.102. The minimum absolute atomic E-state index is 0.0456. The Hall–Kier alpha value is -1.08. The van der Waals surface area contributed by atoms with Crippen molar-refractivity contribution in [2.45, 2.75) is 45.6 Å². The van der Waals surface area contributed by atoms with Gasteiger partial charge in [0.1, 0.15) is 9.90 Å². The van der Waals surface area contributed by atoms with Gasteiger partial charge in [0, 0.05) is 13.0 Å². The lowest BCUT2D eigenvalue weighted by Gasteiger charge is -2.18. The molecule has 0 bridgehead atoms. The Kier molecular flexibility index (Phi) is 5.21. The molecule has 0 aliphatic rings. The summed E-state index contributed by atoms with van der Waals surface area (Å²) in [5.41, 5.74) is 5.96. The highest BCUT2D eigenvalue weighted by atomic mass is 32.2. The van der Waals surface area contributed by atoms with Crippen molar-refractivity contribution in [1.82, 2.24) is 0 Å². The number of hydrogen-bond donors (Lipinski definition) is 2. The minimum Gasteiger partial charge on any atom is -0.396 e. The summed E-state index contributed by atoms with van der Waals surface area (Å²) in [5, 5.41) is 3.64. The summed E-state index contributed by atoms with van der Waals surface area (Å²) in [5.74, 6) is 0.0670. The third kappa shape index (κ3) is 3.32. The highest BCUT2D eigenvalue weighted by molar-refractivity contribution is 7.91. The molecule has 0 fully saturated rings. The molecular formula is C13H22N2O3S2. The van der Waals surface area contributed by atoms with Gasteiger partial charge in [-0.05, 0) is 12.8 Å². The number of carbonyl (C=O) groups excluding carboxylic acids is 1. The maximum atomic E-state index is 12.2. The summed E-state index contributed by atoms with van der Waals surface area (Å²) in [4.78, 5) is 11.9. The van der Waals surface area contributed by atoms with Gasteiger partial charge in [-0.2, -0.15) is 0 Å². The molecule has 20 heavy (non-hydrogen) atoms. The van der Waals surface area contributed by atoms with Crippen LogP contribution in [0.25, 0.3) is 0 Å². The van der Waals surface area contributed by atoms with E-state index >= 15 is 0 Å². The number of rotatable bonds is 6. The number of Topliss-reactive ketones (excluding diaryl/α,β-unsaturated/α-hetero) is 1. The summed E-state index contributed by atoms with van der Waals surface area (Å²) < 4.78 is 24.4. The zero-order valence-corrected chi connectivity index (χ0v) is 14.1. The zero-order valence-electron chi connectivity index (χ0n) is 12.5. The molecule has 1 rings (SSSR count). The molecule has 1 aromatic heterocycles. The number of thiophene rings is 1. The molecule has 0 saturated carbocycles. The third-order valence-electron chi connectivity index (χ3n) is 3.27. The second-order valence-electron chi connectivity index (χ2n) is 5.14.